The van der Waals surface area contributed by atoms with Crippen LogP contribution in [0.3, 0.4) is 0 Å². The number of rotatable bonds is 3. The van der Waals surface area contributed by atoms with Gasteiger partial charge in [0.25, 0.3) is 0 Å². The Labute approximate surface area is 110 Å². The van der Waals surface area contributed by atoms with E-state index < -0.39 is 0 Å². The molecule has 0 radical (unpaired) electrons. The first-order valence-corrected chi connectivity index (χ1v) is 7.08. The first-order chi connectivity index (χ1) is 8.84. The number of hydrogen-bond acceptors (Lipinski definition) is 3. The Hall–Kier alpha value is -1.62. The SMILES string of the molecule is O=C(Cn1cccn1)N1CCC[C@@H]1c1ccsc1. The standard InChI is InChI=1S/C13H15N3OS/c17-13(9-15-6-2-5-14-15)16-7-1-3-12(16)11-4-8-18-10-11/h2,4-6,8,10,12H,1,3,7,9H2/t12-/m1/s1. The smallest absolute Gasteiger partial charge is 0.244 e. The van der Waals surface area contributed by atoms with Crippen LogP contribution in [0.15, 0.2) is 35.3 Å². The summed E-state index contributed by atoms with van der Waals surface area (Å²) in [4.78, 5) is 14.3. The first-order valence-electron chi connectivity index (χ1n) is 6.13. The number of likely N-dealkylation sites (tertiary alicyclic amines) is 1. The Bertz CT molecular complexity index is 506. The highest BCUT2D eigenvalue weighted by molar-refractivity contribution is 7.07. The van der Waals surface area contributed by atoms with Gasteiger partial charge in [0.2, 0.25) is 5.91 Å². The Morgan fingerprint density at radius 2 is 2.50 bits per heavy atom. The van der Waals surface area contributed by atoms with Crippen LogP contribution in [0.2, 0.25) is 0 Å². The molecule has 94 valence electrons. The summed E-state index contributed by atoms with van der Waals surface area (Å²) in [5.74, 6) is 0.160. The van der Waals surface area contributed by atoms with Crippen LogP contribution in [0.25, 0.3) is 0 Å². The second-order valence-electron chi connectivity index (χ2n) is 4.51. The van der Waals surface area contributed by atoms with Crippen LogP contribution in [0, 0.1) is 0 Å². The zero-order valence-electron chi connectivity index (χ0n) is 10.0. The monoisotopic (exact) mass is 261 g/mol. The molecule has 5 heteroatoms. The molecule has 0 bridgehead atoms. The summed E-state index contributed by atoms with van der Waals surface area (Å²) in [5.41, 5.74) is 1.27. The normalized spacial score (nSPS) is 19.3. The lowest BCUT2D eigenvalue weighted by atomic mass is 10.1. The van der Waals surface area contributed by atoms with Crippen LogP contribution in [-0.2, 0) is 11.3 Å². The number of amides is 1. The Morgan fingerprint density at radius 3 is 3.22 bits per heavy atom. The molecule has 3 heterocycles. The fourth-order valence-electron chi connectivity index (χ4n) is 2.50. The van der Waals surface area contributed by atoms with Gasteiger partial charge in [0.15, 0.2) is 0 Å². The molecule has 1 aliphatic rings. The summed E-state index contributed by atoms with van der Waals surface area (Å²) in [5, 5.41) is 8.30. The molecule has 0 aromatic carbocycles. The first kappa shape index (κ1) is 11.5. The lowest BCUT2D eigenvalue weighted by Gasteiger charge is -2.24. The molecule has 0 saturated carbocycles. The van der Waals surface area contributed by atoms with Crippen LogP contribution in [-0.4, -0.2) is 27.1 Å². The Kier molecular flexibility index (Phi) is 3.15. The van der Waals surface area contributed by atoms with Crippen molar-refractivity contribution in [3.8, 4) is 0 Å². The van der Waals surface area contributed by atoms with Crippen molar-refractivity contribution in [1.82, 2.24) is 14.7 Å². The van der Waals surface area contributed by atoms with Gasteiger partial charge in [0, 0.05) is 18.9 Å². The maximum Gasteiger partial charge on any atom is 0.244 e. The van der Waals surface area contributed by atoms with Gasteiger partial charge in [-0.15, -0.1) is 0 Å². The predicted octanol–water partition coefficient (Wildman–Crippen LogP) is 2.31. The molecular weight excluding hydrogens is 246 g/mol. The van der Waals surface area contributed by atoms with E-state index in [2.05, 4.69) is 21.9 Å². The molecule has 3 rings (SSSR count). The van der Waals surface area contributed by atoms with Crippen molar-refractivity contribution in [2.24, 2.45) is 0 Å². The molecule has 1 amide bonds. The third-order valence-electron chi connectivity index (χ3n) is 3.36. The molecule has 4 nitrogen and oxygen atoms in total. The number of nitrogens with zero attached hydrogens (tertiary/aromatic N) is 3. The van der Waals surface area contributed by atoms with E-state index in [9.17, 15) is 4.79 Å². The quantitative estimate of drug-likeness (QED) is 0.850. The van der Waals surface area contributed by atoms with E-state index in [0.717, 1.165) is 19.4 Å². The molecule has 0 unspecified atom stereocenters. The highest BCUT2D eigenvalue weighted by Gasteiger charge is 2.30. The lowest BCUT2D eigenvalue weighted by molar-refractivity contribution is -0.133. The fourth-order valence-corrected chi connectivity index (χ4v) is 3.21. The molecule has 0 aliphatic carbocycles. The van der Waals surface area contributed by atoms with Crippen molar-refractivity contribution in [2.45, 2.75) is 25.4 Å². The molecule has 1 fully saturated rings. The van der Waals surface area contributed by atoms with Gasteiger partial charge in [0.1, 0.15) is 6.54 Å². The minimum atomic E-state index is 0.160. The van der Waals surface area contributed by atoms with Gasteiger partial charge in [-0.25, -0.2) is 0 Å². The van der Waals surface area contributed by atoms with E-state index in [1.54, 1.807) is 22.2 Å². The minimum absolute atomic E-state index is 0.160. The summed E-state index contributed by atoms with van der Waals surface area (Å²) >= 11 is 1.69. The van der Waals surface area contributed by atoms with Crippen molar-refractivity contribution >= 4 is 17.2 Å². The summed E-state index contributed by atoms with van der Waals surface area (Å²) in [6.07, 6.45) is 5.69. The number of aromatic nitrogens is 2. The molecule has 1 aliphatic heterocycles. The lowest BCUT2D eigenvalue weighted by Crippen LogP contribution is -2.33. The van der Waals surface area contributed by atoms with Gasteiger partial charge >= 0.3 is 0 Å². The molecule has 18 heavy (non-hydrogen) atoms. The number of hydrogen-bond donors (Lipinski definition) is 0. The molecular formula is C13H15N3OS. The van der Waals surface area contributed by atoms with Crippen molar-refractivity contribution in [1.29, 1.82) is 0 Å². The van der Waals surface area contributed by atoms with Crippen LogP contribution in [0.5, 0.6) is 0 Å². The predicted molar refractivity (Wildman–Crippen MR) is 70.2 cm³/mol. The van der Waals surface area contributed by atoms with Gasteiger partial charge < -0.3 is 4.90 Å². The molecule has 2 aromatic rings. The number of carbonyl (C=O) groups is 1. The second-order valence-corrected chi connectivity index (χ2v) is 5.29. The zero-order valence-corrected chi connectivity index (χ0v) is 10.8. The summed E-state index contributed by atoms with van der Waals surface area (Å²) in [7, 11) is 0. The Balaban J connectivity index is 1.73. The van der Waals surface area contributed by atoms with Gasteiger partial charge in [-0.3, -0.25) is 9.48 Å². The largest absolute Gasteiger partial charge is 0.334 e. The van der Waals surface area contributed by atoms with Gasteiger partial charge in [-0.2, -0.15) is 16.4 Å². The Morgan fingerprint density at radius 1 is 1.56 bits per heavy atom. The molecule has 2 aromatic heterocycles. The van der Waals surface area contributed by atoms with E-state index in [4.69, 9.17) is 0 Å². The van der Waals surface area contributed by atoms with Gasteiger partial charge in [-0.1, -0.05) is 0 Å². The maximum absolute atomic E-state index is 12.3. The van der Waals surface area contributed by atoms with Crippen LogP contribution in [0.4, 0.5) is 0 Å². The van der Waals surface area contributed by atoms with E-state index >= 15 is 0 Å². The van der Waals surface area contributed by atoms with Crippen LogP contribution in [0.1, 0.15) is 24.4 Å². The zero-order chi connectivity index (χ0) is 12.4. The van der Waals surface area contributed by atoms with E-state index in [-0.39, 0.29) is 11.9 Å². The maximum atomic E-state index is 12.3. The van der Waals surface area contributed by atoms with E-state index in [0.29, 0.717) is 6.54 Å². The minimum Gasteiger partial charge on any atom is -0.334 e. The van der Waals surface area contributed by atoms with Crippen molar-refractivity contribution in [3.63, 3.8) is 0 Å². The third-order valence-corrected chi connectivity index (χ3v) is 4.06. The molecule has 0 N–H and O–H groups in total. The summed E-state index contributed by atoms with van der Waals surface area (Å²) in [6.45, 7) is 1.20. The summed E-state index contributed by atoms with van der Waals surface area (Å²) in [6, 6.07) is 4.22. The molecule has 1 atom stereocenters. The van der Waals surface area contributed by atoms with E-state index in [1.165, 1.54) is 5.56 Å². The second kappa shape index (κ2) is 4.94. The highest BCUT2D eigenvalue weighted by Crippen LogP contribution is 2.33. The van der Waals surface area contributed by atoms with Crippen LogP contribution >= 0.6 is 11.3 Å². The van der Waals surface area contributed by atoms with Gasteiger partial charge in [-0.05, 0) is 41.3 Å². The average molecular weight is 261 g/mol. The van der Waals surface area contributed by atoms with Crippen molar-refractivity contribution < 1.29 is 4.79 Å². The molecule has 1 saturated heterocycles. The van der Waals surface area contributed by atoms with Crippen LogP contribution < -0.4 is 0 Å². The highest BCUT2D eigenvalue weighted by atomic mass is 32.1. The van der Waals surface area contributed by atoms with Crippen molar-refractivity contribution in [3.05, 3.63) is 40.8 Å². The average Bonchev–Trinajstić information content (AvgIpc) is 3.11. The third kappa shape index (κ3) is 2.18. The summed E-state index contributed by atoms with van der Waals surface area (Å²) < 4.78 is 1.69. The van der Waals surface area contributed by atoms with Crippen molar-refractivity contribution in [2.75, 3.05) is 6.54 Å². The number of thiophene rings is 1. The molecule has 0 spiro atoms. The van der Waals surface area contributed by atoms with Gasteiger partial charge in [0.05, 0.1) is 6.04 Å². The van der Waals surface area contributed by atoms with E-state index in [1.807, 2.05) is 17.2 Å². The topological polar surface area (TPSA) is 38.1 Å². The number of carbonyl (C=O) groups excluding carboxylic acids is 1. The fraction of sp³-hybridized carbons (Fsp3) is 0.385.